The lowest BCUT2D eigenvalue weighted by Gasteiger charge is -2.30. The average molecular weight is 344 g/mol. The number of hydrogen-bond acceptors (Lipinski definition) is 6. The van der Waals surface area contributed by atoms with Gasteiger partial charge in [0.05, 0.1) is 0 Å². The molecular formula is C15H21O7P. The quantitative estimate of drug-likeness (QED) is 0.389. The van der Waals surface area contributed by atoms with E-state index in [9.17, 15) is 23.8 Å². The Hall–Kier alpha value is -1.82. The van der Waals surface area contributed by atoms with Crippen LogP contribution < -0.4 is 0 Å². The van der Waals surface area contributed by atoms with Crippen molar-refractivity contribution in [2.75, 3.05) is 0 Å². The maximum absolute atomic E-state index is 12.4. The summed E-state index contributed by atoms with van der Waals surface area (Å²) < 4.78 is 21.2. The number of phosphoric ester groups is 1. The first kappa shape index (κ1) is 21.2. The van der Waals surface area contributed by atoms with Crippen LogP contribution in [0.4, 0.5) is 0 Å². The zero-order valence-electron chi connectivity index (χ0n) is 13.7. The minimum Gasteiger partial charge on any atom is -0.367 e. The molecule has 1 atom stereocenters. The van der Waals surface area contributed by atoms with Gasteiger partial charge < -0.3 is 4.52 Å². The first-order valence-corrected chi connectivity index (χ1v) is 8.14. The lowest BCUT2D eigenvalue weighted by molar-refractivity contribution is -0.147. The second kappa shape index (κ2) is 7.64. The Kier molecular flexibility index (Phi) is 7.03. The van der Waals surface area contributed by atoms with Crippen LogP contribution in [0.1, 0.15) is 34.1 Å². The van der Waals surface area contributed by atoms with E-state index in [4.69, 9.17) is 4.52 Å². The summed E-state index contributed by atoms with van der Waals surface area (Å²) in [6, 6.07) is 0. The third kappa shape index (κ3) is 5.10. The molecule has 1 unspecified atom stereocenters. The highest BCUT2D eigenvalue weighted by Crippen LogP contribution is 2.50. The van der Waals surface area contributed by atoms with E-state index in [1.54, 1.807) is 0 Å². The van der Waals surface area contributed by atoms with Gasteiger partial charge in [-0.15, -0.1) is 0 Å². The summed E-state index contributed by atoms with van der Waals surface area (Å²) in [6.07, 6.45) is -0.278. The number of phosphoric acid groups is 1. The first-order valence-electron chi connectivity index (χ1n) is 6.64. The molecule has 0 aromatic carbocycles. The highest BCUT2D eigenvalue weighted by molar-refractivity contribution is 7.48. The Bertz CT molecular complexity index is 604. The fourth-order valence-electron chi connectivity index (χ4n) is 1.66. The van der Waals surface area contributed by atoms with Crippen molar-refractivity contribution in [2.24, 2.45) is 0 Å². The van der Waals surface area contributed by atoms with E-state index in [0.29, 0.717) is 0 Å². The van der Waals surface area contributed by atoms with E-state index in [1.807, 2.05) is 0 Å². The molecule has 0 saturated carbocycles. The fraction of sp³-hybridized carbons (Fsp3) is 0.400. The minimum absolute atomic E-state index is 0.0623. The second-order valence-corrected chi connectivity index (χ2v) is 6.42. The molecule has 0 radical (unpaired) electrons. The zero-order valence-corrected chi connectivity index (χ0v) is 14.6. The molecule has 0 spiro atoms. The zero-order chi connectivity index (χ0) is 18.6. The molecule has 0 aliphatic carbocycles. The van der Waals surface area contributed by atoms with Crippen LogP contribution in [0.5, 0.6) is 0 Å². The van der Waals surface area contributed by atoms with Crippen LogP contribution in [0, 0.1) is 0 Å². The molecule has 0 aromatic heterocycles. The highest BCUT2D eigenvalue weighted by Gasteiger charge is 2.51. The van der Waals surface area contributed by atoms with Crippen LogP contribution in [0.25, 0.3) is 0 Å². The van der Waals surface area contributed by atoms with Crippen molar-refractivity contribution in [3.05, 3.63) is 36.5 Å². The van der Waals surface area contributed by atoms with E-state index >= 15 is 0 Å². The predicted octanol–water partition coefficient (Wildman–Crippen LogP) is 2.66. The van der Waals surface area contributed by atoms with Gasteiger partial charge in [-0.3, -0.25) is 19.0 Å². The predicted molar refractivity (Wildman–Crippen MR) is 84.5 cm³/mol. The van der Waals surface area contributed by atoms with Crippen molar-refractivity contribution in [2.45, 2.75) is 39.7 Å². The summed E-state index contributed by atoms with van der Waals surface area (Å²) in [4.78, 5) is 45.9. The lowest BCUT2D eigenvalue weighted by Crippen LogP contribution is -2.49. The fourth-order valence-corrected chi connectivity index (χ4v) is 2.75. The molecule has 23 heavy (non-hydrogen) atoms. The Balaban J connectivity index is 5.94. The first-order chi connectivity index (χ1) is 10.3. The van der Waals surface area contributed by atoms with Crippen molar-refractivity contribution in [1.29, 1.82) is 0 Å². The van der Waals surface area contributed by atoms with Gasteiger partial charge in [0.15, 0.2) is 11.6 Å². The molecule has 0 aliphatic heterocycles. The lowest BCUT2D eigenvalue weighted by atomic mass is 9.84. The Morgan fingerprint density at radius 3 is 1.65 bits per heavy atom. The molecule has 0 aliphatic rings. The molecule has 8 heteroatoms. The van der Waals surface area contributed by atoms with Gasteiger partial charge in [-0.2, -0.15) is 0 Å². The number of hydrogen-bond donors (Lipinski definition) is 1. The molecule has 0 heterocycles. The van der Waals surface area contributed by atoms with Crippen molar-refractivity contribution in [3.8, 4) is 0 Å². The van der Waals surface area contributed by atoms with Crippen LogP contribution >= 0.6 is 7.82 Å². The van der Waals surface area contributed by atoms with Gasteiger partial charge in [0.1, 0.15) is 0 Å². The maximum Gasteiger partial charge on any atom is 0.531 e. The van der Waals surface area contributed by atoms with Gasteiger partial charge in [0.25, 0.3) is 0 Å². The highest BCUT2D eigenvalue weighted by atomic mass is 31.2. The standard InChI is InChI=1S/C15H21O7P/c1-8-15(12(16)9(2)3,13(17)10(4)5)22-23(19,20)21-14(18)11(6)7/h2,4,6,8H2,1,3,5,7H3,(H,19,20). The third-order valence-corrected chi connectivity index (χ3v) is 3.76. The monoisotopic (exact) mass is 344 g/mol. The summed E-state index contributed by atoms with van der Waals surface area (Å²) in [7, 11) is -5.06. The van der Waals surface area contributed by atoms with E-state index in [2.05, 4.69) is 24.3 Å². The molecule has 0 aromatic rings. The Morgan fingerprint density at radius 2 is 1.39 bits per heavy atom. The summed E-state index contributed by atoms with van der Waals surface area (Å²) in [5.74, 6) is -2.98. The van der Waals surface area contributed by atoms with E-state index in [1.165, 1.54) is 27.7 Å². The van der Waals surface area contributed by atoms with Crippen molar-refractivity contribution in [3.63, 3.8) is 0 Å². The number of carbonyl (C=O) groups is 3. The van der Waals surface area contributed by atoms with Gasteiger partial charge in [-0.05, 0) is 38.3 Å². The van der Waals surface area contributed by atoms with E-state index in [0.717, 1.165) is 0 Å². The molecule has 0 fully saturated rings. The van der Waals surface area contributed by atoms with E-state index < -0.39 is 31.0 Å². The number of rotatable bonds is 9. The molecule has 7 nitrogen and oxygen atoms in total. The van der Waals surface area contributed by atoms with Crippen LogP contribution in [0.15, 0.2) is 36.5 Å². The summed E-state index contributed by atoms with van der Waals surface area (Å²) >= 11 is 0. The largest absolute Gasteiger partial charge is 0.531 e. The van der Waals surface area contributed by atoms with Crippen LogP contribution in [0.3, 0.4) is 0 Å². The van der Waals surface area contributed by atoms with Crippen molar-refractivity contribution < 1.29 is 32.9 Å². The molecule has 128 valence electrons. The third-order valence-electron chi connectivity index (χ3n) is 2.82. The van der Waals surface area contributed by atoms with Crippen LogP contribution in [0.2, 0.25) is 0 Å². The second-order valence-electron chi connectivity index (χ2n) is 5.12. The van der Waals surface area contributed by atoms with E-state index in [-0.39, 0.29) is 23.1 Å². The Morgan fingerprint density at radius 1 is 1.00 bits per heavy atom. The van der Waals surface area contributed by atoms with Crippen molar-refractivity contribution in [1.82, 2.24) is 0 Å². The topological polar surface area (TPSA) is 107 Å². The smallest absolute Gasteiger partial charge is 0.367 e. The molecule has 0 amide bonds. The number of ketones is 2. The normalized spacial score (nSPS) is 13.6. The average Bonchev–Trinajstić information content (AvgIpc) is 2.42. The molecule has 0 saturated heterocycles. The summed E-state index contributed by atoms with van der Waals surface area (Å²) in [5.41, 5.74) is -2.61. The molecule has 0 rings (SSSR count). The maximum atomic E-state index is 12.4. The molecule has 0 bridgehead atoms. The van der Waals surface area contributed by atoms with Gasteiger partial charge in [0.2, 0.25) is 5.60 Å². The molecular weight excluding hydrogens is 323 g/mol. The summed E-state index contributed by atoms with van der Waals surface area (Å²) in [5, 5.41) is 0. The van der Waals surface area contributed by atoms with Gasteiger partial charge >= 0.3 is 13.8 Å². The molecule has 1 N–H and O–H groups in total. The number of Topliss-reactive ketones (excluding diaryl/α,β-unsaturated/α-hetero) is 2. The van der Waals surface area contributed by atoms with Crippen molar-refractivity contribution >= 4 is 25.4 Å². The Labute approximate surface area is 135 Å². The van der Waals surface area contributed by atoms with Gasteiger partial charge in [0, 0.05) is 5.57 Å². The van der Waals surface area contributed by atoms with Gasteiger partial charge in [-0.1, -0.05) is 26.7 Å². The van der Waals surface area contributed by atoms with Crippen LogP contribution in [-0.4, -0.2) is 28.0 Å². The number of carbonyl (C=O) groups excluding carboxylic acids is 3. The SMILES string of the molecule is C=C(C)C(=O)OP(=O)(O)OC(CC)(C(=O)C(=C)C)C(=O)C(=C)C. The van der Waals surface area contributed by atoms with Crippen LogP contribution in [-0.2, 0) is 28.0 Å². The summed E-state index contributed by atoms with van der Waals surface area (Å²) in [6.45, 7) is 15.4. The van der Waals surface area contributed by atoms with Gasteiger partial charge in [-0.25, -0.2) is 9.36 Å². The minimum atomic E-state index is -5.06.